The second-order valence-corrected chi connectivity index (χ2v) is 4.67. The van der Waals surface area contributed by atoms with Gasteiger partial charge in [0.25, 0.3) is 0 Å². The highest BCUT2D eigenvalue weighted by atomic mass is 35.5. The Morgan fingerprint density at radius 2 is 2.00 bits per heavy atom. The Kier molecular flexibility index (Phi) is 2.11. The largest absolute Gasteiger partial charge is 0.235 e. The number of rotatable bonds is 0. The summed E-state index contributed by atoms with van der Waals surface area (Å²) in [4.78, 5) is 4.29. The minimum Gasteiger partial charge on any atom is -0.235 e. The van der Waals surface area contributed by atoms with Gasteiger partial charge in [0, 0.05) is 5.39 Å². The van der Waals surface area contributed by atoms with E-state index < -0.39 is 0 Å². The molecule has 3 heteroatoms. The minimum atomic E-state index is 0.502. The van der Waals surface area contributed by atoms with Crippen LogP contribution >= 0.6 is 23.2 Å². The maximum Gasteiger partial charge on any atom is 0.129 e. The van der Waals surface area contributed by atoms with Gasteiger partial charge < -0.3 is 0 Å². The van der Waals surface area contributed by atoms with Gasteiger partial charge in [-0.2, -0.15) is 0 Å². The number of halogens is 2. The van der Waals surface area contributed by atoms with Crippen molar-refractivity contribution in [1.29, 1.82) is 0 Å². The highest BCUT2D eigenvalue weighted by molar-refractivity contribution is 6.36. The second-order valence-electron chi connectivity index (χ2n) is 3.88. The fraction of sp³-hybridized carbons (Fsp3) is 0.250. The first-order valence-electron chi connectivity index (χ1n) is 5.02. The number of benzene rings is 1. The predicted octanol–water partition coefficient (Wildman–Crippen LogP) is 4.03. The van der Waals surface area contributed by atoms with Crippen LogP contribution in [0.15, 0.2) is 18.2 Å². The molecule has 0 saturated carbocycles. The van der Waals surface area contributed by atoms with Gasteiger partial charge in [0.15, 0.2) is 0 Å². The number of hydrogen-bond acceptors (Lipinski definition) is 1. The Morgan fingerprint density at radius 1 is 1.13 bits per heavy atom. The Hall–Kier alpha value is -0.790. The summed E-state index contributed by atoms with van der Waals surface area (Å²) < 4.78 is 0. The van der Waals surface area contributed by atoms with E-state index in [9.17, 15) is 0 Å². The van der Waals surface area contributed by atoms with E-state index in [-0.39, 0.29) is 0 Å². The Labute approximate surface area is 98.0 Å². The van der Waals surface area contributed by atoms with Crippen LogP contribution in [0.2, 0.25) is 10.2 Å². The maximum absolute atomic E-state index is 6.19. The molecule has 0 saturated heterocycles. The summed E-state index contributed by atoms with van der Waals surface area (Å²) in [6.45, 7) is 0. The third kappa shape index (κ3) is 1.42. The molecule has 2 aromatic rings. The van der Waals surface area contributed by atoms with E-state index in [0.29, 0.717) is 10.2 Å². The molecular weight excluding hydrogens is 229 g/mol. The lowest BCUT2D eigenvalue weighted by Gasteiger charge is -2.06. The van der Waals surface area contributed by atoms with Gasteiger partial charge >= 0.3 is 0 Å². The van der Waals surface area contributed by atoms with Gasteiger partial charge in [-0.3, -0.25) is 0 Å². The lowest BCUT2D eigenvalue weighted by molar-refractivity contribution is 0.913. The average Bonchev–Trinajstić information content (AvgIpc) is 2.66. The summed E-state index contributed by atoms with van der Waals surface area (Å²) >= 11 is 12.1. The van der Waals surface area contributed by atoms with Crippen LogP contribution in [0.5, 0.6) is 0 Å². The predicted molar refractivity (Wildman–Crippen MR) is 63.8 cm³/mol. The number of hydrogen-bond donors (Lipinski definition) is 0. The highest BCUT2D eigenvalue weighted by Gasteiger charge is 2.16. The van der Waals surface area contributed by atoms with Gasteiger partial charge in [0.1, 0.15) is 5.15 Å². The van der Waals surface area contributed by atoms with E-state index in [1.807, 2.05) is 18.2 Å². The molecule has 0 spiro atoms. The van der Waals surface area contributed by atoms with Crippen LogP contribution in [0.4, 0.5) is 0 Å². The van der Waals surface area contributed by atoms with Crippen molar-refractivity contribution in [2.24, 2.45) is 0 Å². The number of aromatic nitrogens is 1. The molecule has 1 aromatic heterocycles. The number of nitrogens with zero attached hydrogens (tertiary/aromatic N) is 1. The van der Waals surface area contributed by atoms with Crippen molar-refractivity contribution >= 4 is 34.1 Å². The van der Waals surface area contributed by atoms with Gasteiger partial charge in [0.2, 0.25) is 0 Å². The molecule has 76 valence electrons. The Morgan fingerprint density at radius 3 is 2.87 bits per heavy atom. The van der Waals surface area contributed by atoms with Crippen molar-refractivity contribution in [3.63, 3.8) is 0 Å². The van der Waals surface area contributed by atoms with Crippen molar-refractivity contribution in [2.45, 2.75) is 19.3 Å². The van der Waals surface area contributed by atoms with Gasteiger partial charge in [-0.15, -0.1) is 0 Å². The molecule has 0 radical (unpaired) electrons. The first-order chi connectivity index (χ1) is 7.25. The maximum atomic E-state index is 6.19. The monoisotopic (exact) mass is 237 g/mol. The fourth-order valence-electron chi connectivity index (χ4n) is 2.32. The topological polar surface area (TPSA) is 12.9 Å². The van der Waals surface area contributed by atoms with Gasteiger partial charge in [-0.25, -0.2) is 4.98 Å². The molecule has 3 rings (SSSR count). The summed E-state index contributed by atoms with van der Waals surface area (Å²) in [5, 5.41) is 2.38. The second kappa shape index (κ2) is 3.36. The first kappa shape index (κ1) is 9.44. The summed E-state index contributed by atoms with van der Waals surface area (Å²) in [6, 6.07) is 5.90. The molecule has 15 heavy (non-hydrogen) atoms. The standard InChI is InChI=1S/C12H9Cl2N/c13-10-6-7-2-1-3-8(7)9-4-5-11(14)15-12(9)10/h4-6H,1-3H2. The quantitative estimate of drug-likeness (QED) is 0.631. The molecule has 0 atom stereocenters. The van der Waals surface area contributed by atoms with Crippen LogP contribution in [0.25, 0.3) is 10.9 Å². The molecule has 1 aromatic carbocycles. The molecule has 0 aliphatic heterocycles. The molecule has 1 aliphatic carbocycles. The zero-order valence-electron chi connectivity index (χ0n) is 8.06. The van der Waals surface area contributed by atoms with Gasteiger partial charge in [-0.05, 0) is 48.6 Å². The Bertz CT molecular complexity index is 549. The molecule has 0 fully saturated rings. The zero-order chi connectivity index (χ0) is 10.4. The number of pyridine rings is 1. The lowest BCUT2D eigenvalue weighted by Crippen LogP contribution is -1.89. The van der Waals surface area contributed by atoms with E-state index in [0.717, 1.165) is 18.4 Å². The van der Waals surface area contributed by atoms with Crippen molar-refractivity contribution in [3.8, 4) is 0 Å². The Balaban J connectivity index is 2.44. The molecule has 0 amide bonds. The first-order valence-corrected chi connectivity index (χ1v) is 5.78. The van der Waals surface area contributed by atoms with E-state index in [1.165, 1.54) is 22.9 Å². The number of aryl methyl sites for hydroxylation is 2. The molecule has 1 nitrogen and oxygen atoms in total. The molecule has 1 heterocycles. The van der Waals surface area contributed by atoms with Gasteiger partial charge in [-0.1, -0.05) is 23.2 Å². The van der Waals surface area contributed by atoms with Crippen molar-refractivity contribution in [2.75, 3.05) is 0 Å². The van der Waals surface area contributed by atoms with E-state index in [1.54, 1.807) is 0 Å². The van der Waals surface area contributed by atoms with Crippen LogP contribution in [0.1, 0.15) is 17.5 Å². The summed E-state index contributed by atoms with van der Waals surface area (Å²) in [5.41, 5.74) is 3.61. The third-order valence-corrected chi connectivity index (χ3v) is 3.47. The molecule has 0 N–H and O–H groups in total. The van der Waals surface area contributed by atoms with Crippen LogP contribution < -0.4 is 0 Å². The van der Waals surface area contributed by atoms with Crippen molar-refractivity contribution in [1.82, 2.24) is 4.98 Å². The highest BCUT2D eigenvalue weighted by Crippen LogP contribution is 2.34. The fourth-order valence-corrected chi connectivity index (χ4v) is 2.74. The van der Waals surface area contributed by atoms with Crippen LogP contribution in [-0.2, 0) is 12.8 Å². The minimum absolute atomic E-state index is 0.502. The summed E-state index contributed by atoms with van der Waals surface area (Å²) in [5.74, 6) is 0. The zero-order valence-corrected chi connectivity index (χ0v) is 9.57. The van der Waals surface area contributed by atoms with E-state index in [2.05, 4.69) is 4.98 Å². The molecular formula is C12H9Cl2N. The summed E-state index contributed by atoms with van der Waals surface area (Å²) in [6.07, 6.45) is 3.48. The van der Waals surface area contributed by atoms with Crippen LogP contribution in [0.3, 0.4) is 0 Å². The van der Waals surface area contributed by atoms with Crippen LogP contribution in [-0.4, -0.2) is 4.98 Å². The van der Waals surface area contributed by atoms with Crippen LogP contribution in [0, 0.1) is 0 Å². The van der Waals surface area contributed by atoms with Crippen molar-refractivity contribution < 1.29 is 0 Å². The molecule has 1 aliphatic rings. The smallest absolute Gasteiger partial charge is 0.129 e. The lowest BCUT2D eigenvalue weighted by atomic mass is 10.0. The number of fused-ring (bicyclic) bond motifs is 3. The normalized spacial score (nSPS) is 14.5. The van der Waals surface area contributed by atoms with Crippen molar-refractivity contribution in [3.05, 3.63) is 39.5 Å². The van der Waals surface area contributed by atoms with Gasteiger partial charge in [0.05, 0.1) is 10.5 Å². The van der Waals surface area contributed by atoms with E-state index >= 15 is 0 Å². The average molecular weight is 238 g/mol. The van der Waals surface area contributed by atoms with E-state index in [4.69, 9.17) is 23.2 Å². The molecule has 0 unspecified atom stereocenters. The summed E-state index contributed by atoms with van der Waals surface area (Å²) in [7, 11) is 0. The third-order valence-electron chi connectivity index (χ3n) is 2.97. The SMILES string of the molecule is Clc1ccc2c3c(cc(Cl)c2n1)CCC3. The molecule has 0 bridgehead atoms.